The first-order valence-electron chi connectivity index (χ1n) is 27.7. The Morgan fingerprint density at radius 2 is 0.652 bits per heavy atom. The van der Waals surface area contributed by atoms with Crippen molar-refractivity contribution in [1.82, 2.24) is 0 Å². The average Bonchev–Trinajstić information content (AvgIpc) is 3.35. The summed E-state index contributed by atoms with van der Waals surface area (Å²) < 4.78 is 16.7. The van der Waals surface area contributed by atoms with Crippen LogP contribution in [0.5, 0.6) is 0 Å². The van der Waals surface area contributed by atoms with Gasteiger partial charge in [-0.25, -0.2) is 0 Å². The predicted molar refractivity (Wildman–Crippen MR) is 297 cm³/mol. The molecule has 0 aliphatic heterocycles. The summed E-state index contributed by atoms with van der Waals surface area (Å²) in [6.07, 6.45) is 78.7. The number of ether oxygens (including phenoxy) is 3. The van der Waals surface area contributed by atoms with Crippen LogP contribution in [0.25, 0.3) is 0 Å². The van der Waals surface area contributed by atoms with E-state index >= 15 is 0 Å². The van der Waals surface area contributed by atoms with Crippen molar-refractivity contribution in [3.8, 4) is 0 Å². The molecule has 388 valence electrons. The Bertz CT molecular complexity index is 1510. The average molecular weight is 953 g/mol. The van der Waals surface area contributed by atoms with Gasteiger partial charge in [-0.2, -0.15) is 0 Å². The molecule has 69 heavy (non-hydrogen) atoms. The fourth-order valence-electron chi connectivity index (χ4n) is 7.06. The van der Waals surface area contributed by atoms with E-state index in [0.717, 1.165) is 116 Å². The highest BCUT2D eigenvalue weighted by atomic mass is 16.6. The Hall–Kier alpha value is -4.45. The van der Waals surface area contributed by atoms with Crippen molar-refractivity contribution >= 4 is 17.9 Å². The molecule has 0 aromatic heterocycles. The third kappa shape index (κ3) is 54.4. The molecule has 0 saturated carbocycles. The first-order valence-corrected chi connectivity index (χ1v) is 27.7. The minimum Gasteiger partial charge on any atom is -0.462 e. The van der Waals surface area contributed by atoms with Crippen LogP contribution in [0, 0.1) is 0 Å². The highest BCUT2D eigenvalue weighted by Crippen LogP contribution is 2.12. The zero-order chi connectivity index (χ0) is 50.0. The molecule has 0 fully saturated rings. The van der Waals surface area contributed by atoms with Crippen LogP contribution < -0.4 is 0 Å². The molecule has 0 aromatic rings. The van der Waals surface area contributed by atoms with E-state index in [1.54, 1.807) is 0 Å². The Morgan fingerprint density at radius 1 is 0.319 bits per heavy atom. The molecule has 0 saturated heterocycles. The lowest BCUT2D eigenvalue weighted by Gasteiger charge is -2.18. The van der Waals surface area contributed by atoms with Crippen LogP contribution in [0.4, 0.5) is 0 Å². The Labute approximate surface area is 424 Å². The van der Waals surface area contributed by atoms with Crippen LogP contribution >= 0.6 is 0 Å². The second-order valence-electron chi connectivity index (χ2n) is 17.8. The molecule has 0 N–H and O–H groups in total. The molecule has 0 radical (unpaired) electrons. The number of unbranched alkanes of at least 4 members (excludes halogenated alkanes) is 18. The monoisotopic (exact) mass is 953 g/mol. The van der Waals surface area contributed by atoms with Crippen molar-refractivity contribution in [3.05, 3.63) is 134 Å². The summed E-state index contributed by atoms with van der Waals surface area (Å²) in [7, 11) is 0. The maximum absolute atomic E-state index is 12.8. The maximum atomic E-state index is 12.8. The van der Waals surface area contributed by atoms with Crippen molar-refractivity contribution in [3.63, 3.8) is 0 Å². The summed E-state index contributed by atoms with van der Waals surface area (Å²) in [5.41, 5.74) is 0. The number of rotatable bonds is 48. The Morgan fingerprint density at radius 3 is 1.14 bits per heavy atom. The molecule has 0 rings (SSSR count). The molecule has 1 atom stereocenters. The fourth-order valence-corrected chi connectivity index (χ4v) is 7.06. The van der Waals surface area contributed by atoms with Crippen LogP contribution in [0.3, 0.4) is 0 Å². The second-order valence-corrected chi connectivity index (χ2v) is 17.8. The molecule has 0 aromatic carbocycles. The van der Waals surface area contributed by atoms with Crippen molar-refractivity contribution in [2.45, 2.75) is 232 Å². The molecular weight excluding hydrogens is 853 g/mol. The summed E-state index contributed by atoms with van der Waals surface area (Å²) in [4.78, 5) is 38.1. The smallest absolute Gasteiger partial charge is 0.306 e. The van der Waals surface area contributed by atoms with Crippen molar-refractivity contribution in [1.29, 1.82) is 0 Å². The zero-order valence-electron chi connectivity index (χ0n) is 44.3. The minimum absolute atomic E-state index is 0.123. The normalized spacial score (nSPS) is 13.1. The van der Waals surface area contributed by atoms with Gasteiger partial charge in [0.15, 0.2) is 6.10 Å². The van der Waals surface area contributed by atoms with Gasteiger partial charge in [0.2, 0.25) is 0 Å². The summed E-state index contributed by atoms with van der Waals surface area (Å²) in [5, 5.41) is 0. The Balaban J connectivity index is 4.60. The van der Waals surface area contributed by atoms with Crippen molar-refractivity contribution in [2.24, 2.45) is 0 Å². The topological polar surface area (TPSA) is 78.9 Å². The van der Waals surface area contributed by atoms with Gasteiger partial charge in [-0.15, -0.1) is 0 Å². The van der Waals surface area contributed by atoms with E-state index in [0.29, 0.717) is 12.8 Å². The highest BCUT2D eigenvalue weighted by molar-refractivity contribution is 5.71. The number of hydrogen-bond donors (Lipinski definition) is 0. The molecule has 0 aliphatic carbocycles. The first-order chi connectivity index (χ1) is 34.0. The lowest BCUT2D eigenvalue weighted by Crippen LogP contribution is -2.30. The van der Waals surface area contributed by atoms with Crippen LogP contribution in [-0.4, -0.2) is 37.2 Å². The molecule has 1 unspecified atom stereocenters. The van der Waals surface area contributed by atoms with Crippen LogP contribution in [-0.2, 0) is 28.6 Å². The van der Waals surface area contributed by atoms with Gasteiger partial charge in [0.1, 0.15) is 13.2 Å². The van der Waals surface area contributed by atoms with Gasteiger partial charge in [-0.1, -0.05) is 231 Å². The van der Waals surface area contributed by atoms with E-state index < -0.39 is 6.10 Å². The molecule has 0 spiro atoms. The van der Waals surface area contributed by atoms with Gasteiger partial charge in [0.05, 0.1) is 0 Å². The largest absolute Gasteiger partial charge is 0.462 e. The van der Waals surface area contributed by atoms with Crippen molar-refractivity contribution in [2.75, 3.05) is 13.2 Å². The highest BCUT2D eigenvalue weighted by Gasteiger charge is 2.19. The van der Waals surface area contributed by atoms with Gasteiger partial charge in [0, 0.05) is 19.3 Å². The molecule has 6 nitrogen and oxygen atoms in total. The predicted octanol–water partition coefficient (Wildman–Crippen LogP) is 18.6. The SMILES string of the molecule is CC/C=C\C/C=C\C/C=C\C/C=C\C/C=C\C/C=C\CCC(=O)OCC(COC(=O)CCCCC/C=C\CCCCCCCCC)OC(=O)CCCCCCC\C=C/C=C\C=C/C=C\CCCCC. The summed E-state index contributed by atoms with van der Waals surface area (Å²) >= 11 is 0. The quantitative estimate of drug-likeness (QED) is 0.0199. The number of carbonyl (C=O) groups excluding carboxylic acids is 3. The van der Waals surface area contributed by atoms with E-state index in [4.69, 9.17) is 14.2 Å². The Kier molecular flexibility index (Phi) is 52.5. The molecule has 0 bridgehead atoms. The standard InChI is InChI=1S/C63H100O6/c1-4-7-10-13-16-19-22-25-28-30-32-34-35-38-41-44-47-50-53-56-62(65)68-59-60(58-67-61(64)55-52-49-46-43-40-37-27-24-21-18-15-12-9-6-3)69-63(66)57-54-51-48-45-42-39-36-33-31-29-26-23-20-17-14-11-8-5-2/h7,10,16-17,19-20,23,25-26,28-29,31-34,36-38,40-41,47,50,60H,4-6,8-9,11-15,18,21-22,24,27,30,35,39,42-46,48-49,51-59H2,1-3H3/b10-7-,19-16-,20-17-,26-23-,28-25-,31-29-,34-32-,36-33-,40-37-,41-38-,50-47-. The van der Waals surface area contributed by atoms with Gasteiger partial charge in [-0.05, 0) is 109 Å². The van der Waals surface area contributed by atoms with Gasteiger partial charge < -0.3 is 14.2 Å². The molecular formula is C63H100O6. The van der Waals surface area contributed by atoms with E-state index in [1.807, 2.05) is 12.2 Å². The lowest BCUT2D eigenvalue weighted by atomic mass is 10.1. The van der Waals surface area contributed by atoms with Gasteiger partial charge >= 0.3 is 17.9 Å². The number of esters is 3. The summed E-state index contributed by atoms with van der Waals surface area (Å²) in [6, 6.07) is 0. The van der Waals surface area contributed by atoms with Gasteiger partial charge in [0.25, 0.3) is 0 Å². The van der Waals surface area contributed by atoms with E-state index in [-0.39, 0.29) is 44.0 Å². The molecule has 6 heteroatoms. The molecule has 0 heterocycles. The van der Waals surface area contributed by atoms with Crippen LogP contribution in [0.1, 0.15) is 226 Å². The summed E-state index contributed by atoms with van der Waals surface area (Å²) in [6.45, 7) is 6.37. The van der Waals surface area contributed by atoms with E-state index in [9.17, 15) is 14.4 Å². The third-order valence-corrected chi connectivity index (χ3v) is 11.2. The third-order valence-electron chi connectivity index (χ3n) is 11.2. The number of hydrogen-bond acceptors (Lipinski definition) is 6. The second kappa shape index (κ2) is 56.1. The number of carbonyl (C=O) groups is 3. The van der Waals surface area contributed by atoms with E-state index in [2.05, 4.69) is 142 Å². The van der Waals surface area contributed by atoms with Crippen LogP contribution in [0.2, 0.25) is 0 Å². The molecule has 0 amide bonds. The minimum atomic E-state index is -0.832. The first kappa shape index (κ1) is 64.5. The summed E-state index contributed by atoms with van der Waals surface area (Å²) in [5.74, 6) is -1.05. The van der Waals surface area contributed by atoms with Crippen molar-refractivity contribution < 1.29 is 28.6 Å². The van der Waals surface area contributed by atoms with Gasteiger partial charge in [-0.3, -0.25) is 14.4 Å². The van der Waals surface area contributed by atoms with E-state index in [1.165, 1.54) is 64.2 Å². The molecule has 0 aliphatic rings. The zero-order valence-corrected chi connectivity index (χ0v) is 44.3. The fraction of sp³-hybridized carbons (Fsp3) is 0.603. The maximum Gasteiger partial charge on any atom is 0.306 e. The number of allylic oxidation sites excluding steroid dienone is 22. The van der Waals surface area contributed by atoms with Crippen LogP contribution in [0.15, 0.2) is 134 Å². The lowest BCUT2D eigenvalue weighted by molar-refractivity contribution is -0.166.